The number of esters is 1. The van der Waals surface area contributed by atoms with E-state index in [1.807, 2.05) is 25.1 Å². The third-order valence-electron chi connectivity index (χ3n) is 2.39. The van der Waals surface area contributed by atoms with Crippen LogP contribution in [0.4, 0.5) is 5.69 Å². The molecule has 1 aromatic carbocycles. The van der Waals surface area contributed by atoms with Crippen molar-refractivity contribution in [3.8, 4) is 0 Å². The molecular weight excluding hydrogens is 258 g/mol. The van der Waals surface area contributed by atoms with Crippen molar-refractivity contribution < 1.29 is 9.53 Å². The summed E-state index contributed by atoms with van der Waals surface area (Å²) in [6, 6.07) is 5.73. The smallest absolute Gasteiger partial charge is 0.328 e. The van der Waals surface area contributed by atoms with Crippen molar-refractivity contribution >= 4 is 27.6 Å². The fourth-order valence-electron chi connectivity index (χ4n) is 1.72. The Morgan fingerprint density at radius 2 is 2.47 bits per heavy atom. The average molecular weight is 270 g/mol. The second-order valence-electron chi connectivity index (χ2n) is 3.45. The summed E-state index contributed by atoms with van der Waals surface area (Å²) in [6.07, 6.45) is 0.702. The van der Waals surface area contributed by atoms with E-state index in [1.165, 1.54) is 0 Å². The van der Waals surface area contributed by atoms with Crippen LogP contribution in [0.3, 0.4) is 0 Å². The molecule has 1 N–H and O–H groups in total. The fourth-order valence-corrected chi connectivity index (χ4v) is 2.12. The fraction of sp³-hybridized carbons (Fsp3) is 0.364. The number of hydrogen-bond donors (Lipinski definition) is 1. The summed E-state index contributed by atoms with van der Waals surface area (Å²) in [5.74, 6) is -0.176. The standard InChI is InChI=1S/C11H12BrNO2/c1-2-15-11(14)10-6-7-5-8(12)3-4-9(7)13-10/h3-5,10,13H,2,6H2,1H3. The van der Waals surface area contributed by atoms with E-state index in [2.05, 4.69) is 21.2 Å². The van der Waals surface area contributed by atoms with E-state index in [4.69, 9.17) is 4.74 Å². The van der Waals surface area contributed by atoms with Gasteiger partial charge in [-0.1, -0.05) is 15.9 Å². The highest BCUT2D eigenvalue weighted by Crippen LogP contribution is 2.28. The van der Waals surface area contributed by atoms with Gasteiger partial charge in [-0.05, 0) is 30.7 Å². The van der Waals surface area contributed by atoms with Crippen molar-refractivity contribution in [2.24, 2.45) is 0 Å². The maximum atomic E-state index is 11.5. The van der Waals surface area contributed by atoms with E-state index in [0.29, 0.717) is 13.0 Å². The number of benzene rings is 1. The summed E-state index contributed by atoms with van der Waals surface area (Å²) in [7, 11) is 0. The van der Waals surface area contributed by atoms with E-state index < -0.39 is 0 Å². The van der Waals surface area contributed by atoms with Crippen LogP contribution >= 0.6 is 15.9 Å². The quantitative estimate of drug-likeness (QED) is 0.838. The van der Waals surface area contributed by atoms with Gasteiger partial charge in [0.05, 0.1) is 6.61 Å². The number of nitrogens with one attached hydrogen (secondary N) is 1. The summed E-state index contributed by atoms with van der Waals surface area (Å²) in [5.41, 5.74) is 2.18. The number of fused-ring (bicyclic) bond motifs is 1. The molecule has 1 aromatic rings. The zero-order valence-corrected chi connectivity index (χ0v) is 10.0. The lowest BCUT2D eigenvalue weighted by Gasteiger charge is -2.09. The molecule has 4 heteroatoms. The van der Waals surface area contributed by atoms with Gasteiger partial charge in [-0.2, -0.15) is 0 Å². The number of ether oxygens (including phenoxy) is 1. The van der Waals surface area contributed by atoms with Gasteiger partial charge in [-0.15, -0.1) is 0 Å². The molecule has 80 valence electrons. The molecule has 1 aliphatic heterocycles. The van der Waals surface area contributed by atoms with Crippen LogP contribution < -0.4 is 5.32 Å². The zero-order chi connectivity index (χ0) is 10.8. The third-order valence-corrected chi connectivity index (χ3v) is 2.89. The van der Waals surface area contributed by atoms with Gasteiger partial charge < -0.3 is 10.1 Å². The molecule has 0 amide bonds. The number of carbonyl (C=O) groups excluding carboxylic acids is 1. The number of hydrogen-bond acceptors (Lipinski definition) is 3. The topological polar surface area (TPSA) is 38.3 Å². The molecule has 0 aromatic heterocycles. The Balaban J connectivity index is 2.12. The van der Waals surface area contributed by atoms with Gasteiger partial charge in [-0.25, -0.2) is 4.79 Å². The number of anilines is 1. The molecule has 1 unspecified atom stereocenters. The largest absolute Gasteiger partial charge is 0.464 e. The minimum atomic E-state index is -0.228. The SMILES string of the molecule is CCOC(=O)C1Cc2cc(Br)ccc2N1. The van der Waals surface area contributed by atoms with Crippen molar-refractivity contribution in [1.29, 1.82) is 0 Å². The van der Waals surface area contributed by atoms with Crippen LogP contribution in [0.1, 0.15) is 12.5 Å². The molecule has 0 fully saturated rings. The molecule has 3 nitrogen and oxygen atoms in total. The molecule has 15 heavy (non-hydrogen) atoms. The minimum absolute atomic E-state index is 0.176. The van der Waals surface area contributed by atoms with Crippen LogP contribution in [0.25, 0.3) is 0 Å². The Bertz CT molecular complexity index is 392. The summed E-state index contributed by atoms with van der Waals surface area (Å²) < 4.78 is 6.01. The van der Waals surface area contributed by atoms with Crippen LogP contribution in [-0.4, -0.2) is 18.6 Å². The molecule has 0 saturated carbocycles. The van der Waals surface area contributed by atoms with Crippen LogP contribution in [0.5, 0.6) is 0 Å². The van der Waals surface area contributed by atoms with E-state index in [1.54, 1.807) is 0 Å². The Morgan fingerprint density at radius 3 is 3.20 bits per heavy atom. The normalized spacial score (nSPS) is 18.1. The van der Waals surface area contributed by atoms with Crippen molar-refractivity contribution in [3.05, 3.63) is 28.2 Å². The average Bonchev–Trinajstić information content (AvgIpc) is 2.60. The maximum absolute atomic E-state index is 11.5. The minimum Gasteiger partial charge on any atom is -0.464 e. The number of halogens is 1. The van der Waals surface area contributed by atoms with Crippen molar-refractivity contribution in [2.75, 3.05) is 11.9 Å². The van der Waals surface area contributed by atoms with E-state index in [0.717, 1.165) is 15.7 Å². The monoisotopic (exact) mass is 269 g/mol. The lowest BCUT2D eigenvalue weighted by Crippen LogP contribution is -2.28. The molecule has 0 spiro atoms. The molecular formula is C11H12BrNO2. The Hall–Kier alpha value is -1.03. The van der Waals surface area contributed by atoms with E-state index in [-0.39, 0.29) is 12.0 Å². The Morgan fingerprint density at radius 1 is 1.67 bits per heavy atom. The first kappa shape index (κ1) is 10.5. The van der Waals surface area contributed by atoms with Crippen LogP contribution in [0, 0.1) is 0 Å². The van der Waals surface area contributed by atoms with Gasteiger partial charge >= 0.3 is 5.97 Å². The van der Waals surface area contributed by atoms with Gasteiger partial charge in [0.2, 0.25) is 0 Å². The third kappa shape index (κ3) is 2.15. The molecule has 0 bridgehead atoms. The summed E-state index contributed by atoms with van der Waals surface area (Å²) in [5, 5.41) is 3.15. The first-order chi connectivity index (χ1) is 7.20. The predicted molar refractivity (Wildman–Crippen MR) is 61.9 cm³/mol. The van der Waals surface area contributed by atoms with Crippen LogP contribution in [-0.2, 0) is 16.0 Å². The first-order valence-electron chi connectivity index (χ1n) is 4.92. The second-order valence-corrected chi connectivity index (χ2v) is 4.37. The highest BCUT2D eigenvalue weighted by molar-refractivity contribution is 9.10. The summed E-state index contributed by atoms with van der Waals surface area (Å²) in [6.45, 7) is 2.24. The van der Waals surface area contributed by atoms with Crippen LogP contribution in [0.15, 0.2) is 22.7 Å². The lowest BCUT2D eigenvalue weighted by molar-refractivity contribution is -0.143. The van der Waals surface area contributed by atoms with Gasteiger partial charge in [0, 0.05) is 16.6 Å². The molecule has 0 radical (unpaired) electrons. The van der Waals surface area contributed by atoms with Gasteiger partial charge in [0.15, 0.2) is 0 Å². The van der Waals surface area contributed by atoms with Crippen molar-refractivity contribution in [1.82, 2.24) is 0 Å². The highest BCUT2D eigenvalue weighted by Gasteiger charge is 2.27. The van der Waals surface area contributed by atoms with E-state index in [9.17, 15) is 4.79 Å². The van der Waals surface area contributed by atoms with Gasteiger partial charge in [0.1, 0.15) is 6.04 Å². The van der Waals surface area contributed by atoms with Crippen molar-refractivity contribution in [2.45, 2.75) is 19.4 Å². The molecule has 0 aliphatic carbocycles. The Kier molecular flexibility index (Phi) is 2.95. The van der Waals surface area contributed by atoms with E-state index >= 15 is 0 Å². The Labute approximate surface area is 96.9 Å². The number of carbonyl (C=O) groups is 1. The number of rotatable bonds is 2. The molecule has 0 saturated heterocycles. The molecule has 2 rings (SSSR count). The highest BCUT2D eigenvalue weighted by atomic mass is 79.9. The van der Waals surface area contributed by atoms with Gasteiger partial charge in [-0.3, -0.25) is 0 Å². The summed E-state index contributed by atoms with van der Waals surface area (Å²) in [4.78, 5) is 11.5. The lowest BCUT2D eigenvalue weighted by atomic mass is 10.1. The zero-order valence-electron chi connectivity index (χ0n) is 8.42. The second kappa shape index (κ2) is 4.23. The molecule has 1 atom stereocenters. The first-order valence-corrected chi connectivity index (χ1v) is 5.71. The predicted octanol–water partition coefficient (Wildman–Crippen LogP) is 2.35. The van der Waals surface area contributed by atoms with Gasteiger partial charge in [0.25, 0.3) is 0 Å². The summed E-state index contributed by atoms with van der Waals surface area (Å²) >= 11 is 3.41. The maximum Gasteiger partial charge on any atom is 0.328 e. The molecule has 1 aliphatic rings. The molecule has 1 heterocycles. The van der Waals surface area contributed by atoms with Crippen molar-refractivity contribution in [3.63, 3.8) is 0 Å². The van der Waals surface area contributed by atoms with Crippen LogP contribution in [0.2, 0.25) is 0 Å².